The molecule has 0 aliphatic heterocycles. The van der Waals surface area contributed by atoms with Crippen LogP contribution >= 0.6 is 0 Å². The van der Waals surface area contributed by atoms with Gasteiger partial charge in [-0.1, -0.05) is 50.2 Å². The van der Waals surface area contributed by atoms with Crippen molar-refractivity contribution in [3.63, 3.8) is 0 Å². The quantitative estimate of drug-likeness (QED) is 0.524. The van der Waals surface area contributed by atoms with Crippen molar-refractivity contribution in [2.24, 2.45) is 5.18 Å². The van der Waals surface area contributed by atoms with Crippen LogP contribution in [0.5, 0.6) is 0 Å². The molecule has 0 radical (unpaired) electrons. The van der Waals surface area contributed by atoms with Gasteiger partial charge in [0.05, 0.1) is 22.8 Å². The lowest BCUT2D eigenvalue weighted by atomic mass is 9.73. The van der Waals surface area contributed by atoms with Gasteiger partial charge in [0.1, 0.15) is 11.6 Å². The van der Waals surface area contributed by atoms with Crippen LogP contribution in [0, 0.1) is 16.5 Å². The van der Waals surface area contributed by atoms with Crippen molar-refractivity contribution >= 4 is 9.84 Å². The fourth-order valence-electron chi connectivity index (χ4n) is 4.48. The van der Waals surface area contributed by atoms with Gasteiger partial charge in [0, 0.05) is 18.2 Å². The second kappa shape index (κ2) is 10.2. The first-order chi connectivity index (χ1) is 15.8. The monoisotopic (exact) mass is 494 g/mol. The van der Waals surface area contributed by atoms with Crippen LogP contribution in [0.1, 0.15) is 57.6 Å². The van der Waals surface area contributed by atoms with Crippen molar-refractivity contribution in [2.45, 2.75) is 74.4 Å². The van der Waals surface area contributed by atoms with Gasteiger partial charge in [-0.05, 0) is 54.4 Å². The van der Waals surface area contributed by atoms with Gasteiger partial charge in [-0.3, -0.25) is 0 Å². The third-order valence-electron chi connectivity index (χ3n) is 6.52. The number of nitrogens with one attached hydrogen (secondary N) is 1. The molecule has 1 fully saturated rings. The van der Waals surface area contributed by atoms with Crippen LogP contribution < -0.4 is 5.32 Å². The van der Waals surface area contributed by atoms with E-state index in [4.69, 9.17) is 0 Å². The van der Waals surface area contributed by atoms with Gasteiger partial charge in [-0.15, -0.1) is 0 Å². The number of nitroso groups, excluding NO2 is 1. The van der Waals surface area contributed by atoms with Gasteiger partial charge < -0.3 is 10.4 Å². The predicted octanol–water partition coefficient (Wildman–Crippen LogP) is 4.59. The standard InChI is InChI=1S/C25H32F2N2O4S/c1-24(2,3)17-5-4-6-18(11-17)25(9-7-21(29-31)8-10-25)28-15-22(30)16-34(32,33)23-13-19(26)12-20(27)14-23/h4-6,11-14,21-22,28,30H,7-10,15-16H2,1-3H3. The zero-order chi connectivity index (χ0) is 25.1. The number of hydrogen-bond donors (Lipinski definition) is 2. The van der Waals surface area contributed by atoms with Crippen LogP contribution in [0.3, 0.4) is 0 Å². The maximum absolute atomic E-state index is 13.5. The number of sulfone groups is 1. The molecule has 0 heterocycles. The highest BCUT2D eigenvalue weighted by Crippen LogP contribution is 2.39. The molecule has 1 aliphatic carbocycles. The number of aliphatic hydroxyl groups excluding tert-OH is 1. The molecule has 1 atom stereocenters. The average Bonchev–Trinajstić information content (AvgIpc) is 2.76. The number of hydrogen-bond acceptors (Lipinski definition) is 6. The van der Waals surface area contributed by atoms with Crippen molar-refractivity contribution in [1.82, 2.24) is 5.32 Å². The van der Waals surface area contributed by atoms with Crippen LogP contribution in [0.4, 0.5) is 8.78 Å². The number of nitrogens with zero attached hydrogens (tertiary/aromatic N) is 1. The zero-order valence-electron chi connectivity index (χ0n) is 19.7. The first-order valence-electron chi connectivity index (χ1n) is 11.4. The second-order valence-electron chi connectivity index (χ2n) is 10.2. The fourth-order valence-corrected chi connectivity index (χ4v) is 5.88. The molecule has 0 bridgehead atoms. The van der Waals surface area contributed by atoms with E-state index in [1.54, 1.807) is 0 Å². The summed E-state index contributed by atoms with van der Waals surface area (Å²) in [5, 5.41) is 17.1. The van der Waals surface area contributed by atoms with Crippen molar-refractivity contribution < 1.29 is 22.3 Å². The van der Waals surface area contributed by atoms with Gasteiger partial charge in [0.2, 0.25) is 0 Å². The van der Waals surface area contributed by atoms with E-state index in [2.05, 4.69) is 43.4 Å². The Morgan fingerprint density at radius 3 is 2.29 bits per heavy atom. The van der Waals surface area contributed by atoms with E-state index in [0.717, 1.165) is 23.3 Å². The van der Waals surface area contributed by atoms with Gasteiger partial charge in [0.15, 0.2) is 9.84 Å². The highest BCUT2D eigenvalue weighted by Gasteiger charge is 2.38. The van der Waals surface area contributed by atoms with Crippen molar-refractivity contribution in [1.29, 1.82) is 0 Å². The minimum atomic E-state index is -4.11. The van der Waals surface area contributed by atoms with E-state index in [-0.39, 0.29) is 18.0 Å². The maximum atomic E-state index is 13.5. The van der Waals surface area contributed by atoms with E-state index < -0.39 is 43.8 Å². The van der Waals surface area contributed by atoms with Crippen LogP contribution in [0.25, 0.3) is 0 Å². The van der Waals surface area contributed by atoms with Gasteiger partial charge >= 0.3 is 0 Å². The third kappa shape index (κ3) is 6.25. The summed E-state index contributed by atoms with van der Waals surface area (Å²) in [6.07, 6.45) is 1.05. The Labute approximate surface area is 199 Å². The summed E-state index contributed by atoms with van der Waals surface area (Å²) in [5.41, 5.74) is 1.51. The Balaban J connectivity index is 1.80. The van der Waals surface area contributed by atoms with Crippen LogP contribution in [-0.4, -0.2) is 38.0 Å². The Kier molecular flexibility index (Phi) is 7.89. The SMILES string of the molecule is CC(C)(C)c1cccc(C2(NCC(O)CS(=O)(=O)c3cc(F)cc(F)c3)CCC(N=O)CC2)c1. The van der Waals surface area contributed by atoms with E-state index in [1.165, 1.54) is 0 Å². The van der Waals surface area contributed by atoms with E-state index in [9.17, 15) is 27.2 Å². The van der Waals surface area contributed by atoms with Crippen molar-refractivity contribution in [2.75, 3.05) is 12.3 Å². The Bertz CT molecular complexity index is 1100. The lowest BCUT2D eigenvalue weighted by molar-refractivity contribution is 0.150. The van der Waals surface area contributed by atoms with Crippen LogP contribution in [0.15, 0.2) is 52.5 Å². The minimum Gasteiger partial charge on any atom is -0.391 e. The van der Waals surface area contributed by atoms with Crippen molar-refractivity contribution in [3.8, 4) is 0 Å². The first-order valence-corrected chi connectivity index (χ1v) is 13.1. The van der Waals surface area contributed by atoms with Gasteiger partial charge in [0.25, 0.3) is 0 Å². The second-order valence-corrected chi connectivity index (χ2v) is 12.2. The summed E-state index contributed by atoms with van der Waals surface area (Å²) in [6.45, 7) is 6.30. The molecule has 2 aromatic rings. The predicted molar refractivity (Wildman–Crippen MR) is 127 cm³/mol. The Hall–Kier alpha value is -2.23. The highest BCUT2D eigenvalue weighted by atomic mass is 32.2. The Morgan fingerprint density at radius 1 is 1.12 bits per heavy atom. The largest absolute Gasteiger partial charge is 0.391 e. The molecule has 0 aromatic heterocycles. The van der Waals surface area contributed by atoms with E-state index in [1.807, 2.05) is 12.1 Å². The number of aliphatic hydroxyl groups is 1. The molecule has 1 saturated carbocycles. The molecule has 0 spiro atoms. The third-order valence-corrected chi connectivity index (χ3v) is 8.30. The summed E-state index contributed by atoms with van der Waals surface area (Å²) >= 11 is 0. The lowest BCUT2D eigenvalue weighted by Gasteiger charge is -2.41. The smallest absolute Gasteiger partial charge is 0.181 e. The van der Waals surface area contributed by atoms with Gasteiger partial charge in [-0.2, -0.15) is 4.91 Å². The zero-order valence-corrected chi connectivity index (χ0v) is 20.5. The number of rotatable bonds is 8. The van der Waals surface area contributed by atoms with E-state index in [0.29, 0.717) is 31.7 Å². The molecule has 2 N–H and O–H groups in total. The molecular weight excluding hydrogens is 462 g/mol. The summed E-state index contributed by atoms with van der Waals surface area (Å²) in [5.74, 6) is -2.67. The molecule has 2 aromatic carbocycles. The molecule has 1 unspecified atom stereocenters. The average molecular weight is 495 g/mol. The molecular formula is C25H32F2N2O4S. The summed E-state index contributed by atoms with van der Waals surface area (Å²) in [6, 6.07) is 9.94. The fraction of sp³-hybridized carbons (Fsp3) is 0.520. The lowest BCUT2D eigenvalue weighted by Crippen LogP contribution is -2.49. The van der Waals surface area contributed by atoms with Gasteiger partial charge in [-0.25, -0.2) is 17.2 Å². The molecule has 0 amide bonds. The summed E-state index contributed by atoms with van der Waals surface area (Å²) in [7, 11) is -4.11. The minimum absolute atomic E-state index is 0.0457. The molecule has 6 nitrogen and oxygen atoms in total. The molecule has 186 valence electrons. The number of halogens is 2. The van der Waals surface area contributed by atoms with E-state index >= 15 is 0 Å². The van der Waals surface area contributed by atoms with Crippen LogP contribution in [-0.2, 0) is 20.8 Å². The topological polar surface area (TPSA) is 95.8 Å². The molecule has 1 aliphatic rings. The number of benzene rings is 2. The molecule has 9 heteroatoms. The maximum Gasteiger partial charge on any atom is 0.181 e. The normalized spacial score (nSPS) is 22.4. The molecule has 0 saturated heterocycles. The van der Waals surface area contributed by atoms with Crippen molar-refractivity contribution in [3.05, 3.63) is 70.1 Å². The molecule has 3 rings (SSSR count). The summed E-state index contributed by atoms with van der Waals surface area (Å²) in [4.78, 5) is 10.6. The molecule has 34 heavy (non-hydrogen) atoms. The highest BCUT2D eigenvalue weighted by molar-refractivity contribution is 7.91. The summed E-state index contributed by atoms with van der Waals surface area (Å²) < 4.78 is 52.2. The Morgan fingerprint density at radius 2 is 1.74 bits per heavy atom. The van der Waals surface area contributed by atoms with Crippen LogP contribution in [0.2, 0.25) is 0 Å². The first kappa shape index (κ1) is 26.4.